The number of carbonyl (C=O) groups is 2. The molecule has 0 bridgehead atoms. The Morgan fingerprint density at radius 1 is 1.28 bits per heavy atom. The molecular formula is C13H14ClNO3. The second-order valence-corrected chi connectivity index (χ2v) is 4.80. The van der Waals surface area contributed by atoms with Crippen LogP contribution in [0.25, 0.3) is 0 Å². The van der Waals surface area contributed by atoms with Crippen LogP contribution in [-0.2, 0) is 11.2 Å². The van der Waals surface area contributed by atoms with Crippen molar-refractivity contribution < 1.29 is 14.7 Å². The summed E-state index contributed by atoms with van der Waals surface area (Å²) in [5.74, 6) is 0. The lowest BCUT2D eigenvalue weighted by Gasteiger charge is -2.25. The van der Waals surface area contributed by atoms with Crippen molar-refractivity contribution in [3.8, 4) is 0 Å². The molecule has 1 fully saturated rings. The molecule has 0 aromatic heterocycles. The van der Waals surface area contributed by atoms with Gasteiger partial charge < -0.3 is 5.11 Å². The van der Waals surface area contributed by atoms with Crippen molar-refractivity contribution >= 4 is 22.9 Å². The second-order valence-electron chi connectivity index (χ2n) is 4.43. The highest BCUT2D eigenvalue weighted by Crippen LogP contribution is 2.28. The molecule has 1 amide bonds. The van der Waals surface area contributed by atoms with Gasteiger partial charge in [0.15, 0.2) is 0 Å². The predicted molar refractivity (Wildman–Crippen MR) is 67.7 cm³/mol. The maximum atomic E-state index is 11.2. The molecule has 1 N–H and O–H groups in total. The van der Waals surface area contributed by atoms with Crippen LogP contribution in [0.5, 0.6) is 0 Å². The molecule has 96 valence electrons. The Bertz CT molecular complexity index is 449. The lowest BCUT2D eigenvalue weighted by atomic mass is 10.0. The van der Waals surface area contributed by atoms with E-state index in [0.717, 1.165) is 5.56 Å². The third-order valence-electron chi connectivity index (χ3n) is 3.30. The molecule has 0 aliphatic carbocycles. The molecule has 1 aliphatic rings. The van der Waals surface area contributed by atoms with Gasteiger partial charge >= 0.3 is 6.09 Å². The van der Waals surface area contributed by atoms with Gasteiger partial charge in [-0.1, -0.05) is 30.3 Å². The van der Waals surface area contributed by atoms with E-state index < -0.39 is 17.4 Å². The lowest BCUT2D eigenvalue weighted by Crippen LogP contribution is -2.43. The maximum absolute atomic E-state index is 11.2. The average Bonchev–Trinajstić information content (AvgIpc) is 2.74. The standard InChI is InChI=1S/C13H14ClNO3/c14-12(16)11-7-6-10(15(11)13(17)18)8-9-4-2-1-3-5-9/h1-5,10-11H,6-8H2,(H,17,18). The topological polar surface area (TPSA) is 57.6 Å². The van der Waals surface area contributed by atoms with Crippen molar-refractivity contribution in [3.05, 3.63) is 35.9 Å². The minimum absolute atomic E-state index is 0.169. The van der Waals surface area contributed by atoms with E-state index in [1.165, 1.54) is 4.90 Å². The quantitative estimate of drug-likeness (QED) is 0.856. The summed E-state index contributed by atoms with van der Waals surface area (Å²) in [5, 5.41) is 8.61. The molecule has 1 aliphatic heterocycles. The molecular weight excluding hydrogens is 254 g/mol. The maximum Gasteiger partial charge on any atom is 0.408 e. The van der Waals surface area contributed by atoms with Gasteiger partial charge in [0.2, 0.25) is 5.24 Å². The van der Waals surface area contributed by atoms with Crippen LogP contribution in [0.15, 0.2) is 30.3 Å². The van der Waals surface area contributed by atoms with Gasteiger partial charge in [-0.05, 0) is 36.4 Å². The molecule has 1 saturated heterocycles. The fourth-order valence-corrected chi connectivity index (χ4v) is 2.70. The highest BCUT2D eigenvalue weighted by Gasteiger charge is 2.40. The van der Waals surface area contributed by atoms with Gasteiger partial charge in [0.25, 0.3) is 0 Å². The Labute approximate surface area is 110 Å². The summed E-state index contributed by atoms with van der Waals surface area (Å²) >= 11 is 5.45. The summed E-state index contributed by atoms with van der Waals surface area (Å²) in [6, 6.07) is 8.79. The van der Waals surface area contributed by atoms with E-state index in [-0.39, 0.29) is 6.04 Å². The Morgan fingerprint density at radius 3 is 2.50 bits per heavy atom. The number of likely N-dealkylation sites (tertiary alicyclic amines) is 1. The van der Waals surface area contributed by atoms with Crippen LogP contribution >= 0.6 is 11.6 Å². The Kier molecular flexibility index (Phi) is 3.87. The van der Waals surface area contributed by atoms with Crippen LogP contribution in [-0.4, -0.2) is 33.4 Å². The summed E-state index contributed by atoms with van der Waals surface area (Å²) in [5.41, 5.74) is 1.07. The summed E-state index contributed by atoms with van der Waals surface area (Å²) < 4.78 is 0. The van der Waals surface area contributed by atoms with Crippen molar-refractivity contribution in [1.82, 2.24) is 4.90 Å². The van der Waals surface area contributed by atoms with E-state index in [9.17, 15) is 14.7 Å². The van der Waals surface area contributed by atoms with Crippen LogP contribution in [0.4, 0.5) is 4.79 Å². The molecule has 2 rings (SSSR count). The molecule has 1 aromatic rings. The normalized spacial score (nSPS) is 23.1. The van der Waals surface area contributed by atoms with E-state index in [4.69, 9.17) is 11.6 Å². The molecule has 18 heavy (non-hydrogen) atoms. The minimum Gasteiger partial charge on any atom is -0.465 e. The first-order chi connectivity index (χ1) is 8.59. The third kappa shape index (κ3) is 2.64. The highest BCUT2D eigenvalue weighted by molar-refractivity contribution is 6.64. The third-order valence-corrected chi connectivity index (χ3v) is 3.55. The van der Waals surface area contributed by atoms with Gasteiger partial charge in [-0.2, -0.15) is 0 Å². The van der Waals surface area contributed by atoms with E-state index in [1.54, 1.807) is 0 Å². The van der Waals surface area contributed by atoms with Gasteiger partial charge in [0, 0.05) is 6.04 Å². The molecule has 1 aromatic carbocycles. The molecule has 2 atom stereocenters. The van der Waals surface area contributed by atoms with Crippen molar-refractivity contribution in [2.24, 2.45) is 0 Å². The van der Waals surface area contributed by atoms with Crippen molar-refractivity contribution in [3.63, 3.8) is 0 Å². The number of carbonyl (C=O) groups excluding carboxylic acids is 1. The number of halogens is 1. The number of hydrogen-bond acceptors (Lipinski definition) is 2. The molecule has 1 heterocycles. The summed E-state index contributed by atoms with van der Waals surface area (Å²) in [4.78, 5) is 23.6. The number of carboxylic acid groups (broad SMARTS) is 1. The first-order valence-electron chi connectivity index (χ1n) is 5.84. The zero-order valence-electron chi connectivity index (χ0n) is 9.75. The van der Waals surface area contributed by atoms with Gasteiger partial charge in [-0.3, -0.25) is 9.69 Å². The molecule has 2 unspecified atom stereocenters. The monoisotopic (exact) mass is 267 g/mol. The Morgan fingerprint density at radius 2 is 1.94 bits per heavy atom. The van der Waals surface area contributed by atoms with Crippen LogP contribution < -0.4 is 0 Å². The zero-order valence-corrected chi connectivity index (χ0v) is 10.5. The molecule has 4 nitrogen and oxygen atoms in total. The first-order valence-corrected chi connectivity index (χ1v) is 6.22. The van der Waals surface area contributed by atoms with Crippen molar-refractivity contribution in [2.75, 3.05) is 0 Å². The number of rotatable bonds is 3. The van der Waals surface area contributed by atoms with Crippen LogP contribution in [0, 0.1) is 0 Å². The average molecular weight is 268 g/mol. The Balaban J connectivity index is 2.13. The zero-order chi connectivity index (χ0) is 13.1. The summed E-state index contributed by atoms with van der Waals surface area (Å²) in [6.45, 7) is 0. The first kappa shape index (κ1) is 12.9. The molecule has 0 spiro atoms. The predicted octanol–water partition coefficient (Wildman–Crippen LogP) is 2.51. The van der Waals surface area contributed by atoms with Crippen molar-refractivity contribution in [2.45, 2.75) is 31.3 Å². The Hall–Kier alpha value is -1.55. The number of nitrogens with zero attached hydrogens (tertiary/aromatic N) is 1. The van der Waals surface area contributed by atoms with E-state index >= 15 is 0 Å². The SMILES string of the molecule is O=C(Cl)C1CCC(Cc2ccccc2)N1C(=O)O. The number of benzene rings is 1. The van der Waals surface area contributed by atoms with Gasteiger partial charge in [-0.25, -0.2) is 4.79 Å². The lowest BCUT2D eigenvalue weighted by molar-refractivity contribution is -0.115. The fraction of sp³-hybridized carbons (Fsp3) is 0.385. The smallest absolute Gasteiger partial charge is 0.408 e. The second kappa shape index (κ2) is 5.40. The minimum atomic E-state index is -1.08. The van der Waals surface area contributed by atoms with Gasteiger partial charge in [0.05, 0.1) is 0 Å². The summed E-state index contributed by atoms with van der Waals surface area (Å²) in [7, 11) is 0. The van der Waals surface area contributed by atoms with Gasteiger partial charge in [-0.15, -0.1) is 0 Å². The van der Waals surface area contributed by atoms with E-state index in [0.29, 0.717) is 19.3 Å². The molecule has 5 heteroatoms. The number of amides is 1. The van der Waals surface area contributed by atoms with E-state index in [1.807, 2.05) is 30.3 Å². The van der Waals surface area contributed by atoms with Crippen LogP contribution in [0.3, 0.4) is 0 Å². The molecule has 0 saturated carbocycles. The largest absolute Gasteiger partial charge is 0.465 e. The van der Waals surface area contributed by atoms with Crippen molar-refractivity contribution in [1.29, 1.82) is 0 Å². The fourth-order valence-electron chi connectivity index (χ4n) is 2.48. The van der Waals surface area contributed by atoms with Crippen LogP contribution in [0.2, 0.25) is 0 Å². The van der Waals surface area contributed by atoms with Gasteiger partial charge in [0.1, 0.15) is 6.04 Å². The van der Waals surface area contributed by atoms with Crippen LogP contribution in [0.1, 0.15) is 18.4 Å². The number of hydrogen-bond donors (Lipinski definition) is 1. The highest BCUT2D eigenvalue weighted by atomic mass is 35.5. The van der Waals surface area contributed by atoms with E-state index in [2.05, 4.69) is 0 Å². The summed E-state index contributed by atoms with van der Waals surface area (Å²) in [6.07, 6.45) is 0.719. The molecule has 0 radical (unpaired) electrons.